The quantitative estimate of drug-likeness (QED) is 0.921. The first kappa shape index (κ1) is 13.7. The molecular formula is C16H19ClNO2+. The molecule has 106 valence electrons. The van der Waals surface area contributed by atoms with Crippen LogP contribution in [0.25, 0.3) is 11.0 Å². The minimum atomic E-state index is 0.0551. The largest absolute Gasteiger partial charge is 0.464 e. The average Bonchev–Trinajstić information content (AvgIpc) is 2.43. The number of piperidine rings is 1. The van der Waals surface area contributed by atoms with Gasteiger partial charge in [0.25, 0.3) is 0 Å². The molecule has 20 heavy (non-hydrogen) atoms. The van der Waals surface area contributed by atoms with Crippen molar-refractivity contribution in [1.29, 1.82) is 0 Å². The van der Waals surface area contributed by atoms with Crippen LogP contribution in [0.2, 0.25) is 5.02 Å². The van der Waals surface area contributed by atoms with Gasteiger partial charge in [0.2, 0.25) is 5.43 Å². The van der Waals surface area contributed by atoms with Gasteiger partial charge in [0.15, 0.2) is 0 Å². The first-order valence-corrected chi connectivity index (χ1v) is 7.55. The van der Waals surface area contributed by atoms with Gasteiger partial charge in [-0.25, -0.2) is 0 Å². The normalized spacial score (nSPS) is 23.1. The Morgan fingerprint density at radius 3 is 3.10 bits per heavy atom. The number of hydrogen-bond donors (Lipinski definition) is 1. The molecule has 0 radical (unpaired) electrons. The van der Waals surface area contributed by atoms with Crippen molar-refractivity contribution in [3.63, 3.8) is 0 Å². The lowest BCUT2D eigenvalue weighted by Crippen LogP contribution is -3.12. The molecule has 0 saturated carbocycles. The lowest BCUT2D eigenvalue weighted by Gasteiger charge is -2.27. The highest BCUT2D eigenvalue weighted by Crippen LogP contribution is 2.17. The maximum atomic E-state index is 12.5. The van der Waals surface area contributed by atoms with Gasteiger partial charge in [-0.3, -0.25) is 4.79 Å². The molecule has 1 N–H and O–H groups in total. The molecule has 1 aromatic carbocycles. The van der Waals surface area contributed by atoms with E-state index in [4.69, 9.17) is 16.0 Å². The number of nitrogens with one attached hydrogen (secondary N) is 1. The van der Waals surface area contributed by atoms with Crippen molar-refractivity contribution >= 4 is 22.6 Å². The predicted molar refractivity (Wildman–Crippen MR) is 80.3 cm³/mol. The molecule has 2 aromatic rings. The highest BCUT2D eigenvalue weighted by molar-refractivity contribution is 6.31. The van der Waals surface area contributed by atoms with E-state index in [1.807, 2.05) is 0 Å². The van der Waals surface area contributed by atoms with Gasteiger partial charge in [0.1, 0.15) is 18.4 Å². The summed E-state index contributed by atoms with van der Waals surface area (Å²) in [4.78, 5) is 14.0. The van der Waals surface area contributed by atoms with Crippen LogP contribution < -0.4 is 10.3 Å². The van der Waals surface area contributed by atoms with Gasteiger partial charge in [-0.1, -0.05) is 18.5 Å². The minimum Gasteiger partial charge on any atom is -0.464 e. The van der Waals surface area contributed by atoms with Gasteiger partial charge in [-0.05, 0) is 31.0 Å². The summed E-state index contributed by atoms with van der Waals surface area (Å²) in [6, 6.07) is 5.18. The van der Waals surface area contributed by atoms with E-state index in [0.29, 0.717) is 16.0 Å². The fraction of sp³-hybridized carbons (Fsp3) is 0.438. The molecule has 2 heterocycles. The Labute approximate surface area is 123 Å². The third-order valence-electron chi connectivity index (χ3n) is 4.11. The van der Waals surface area contributed by atoms with Crippen molar-refractivity contribution in [2.75, 3.05) is 13.1 Å². The number of halogens is 1. The lowest BCUT2D eigenvalue weighted by molar-refractivity contribution is -0.922. The summed E-state index contributed by atoms with van der Waals surface area (Å²) in [5, 5.41) is 1.15. The van der Waals surface area contributed by atoms with Crippen LogP contribution in [0.1, 0.15) is 25.3 Å². The molecule has 0 aliphatic carbocycles. The van der Waals surface area contributed by atoms with Crippen molar-refractivity contribution in [2.24, 2.45) is 5.92 Å². The molecule has 4 heteroatoms. The van der Waals surface area contributed by atoms with Gasteiger partial charge in [-0.15, -0.1) is 0 Å². The van der Waals surface area contributed by atoms with E-state index in [2.05, 4.69) is 6.92 Å². The number of benzene rings is 1. The van der Waals surface area contributed by atoms with Gasteiger partial charge in [0.05, 0.1) is 24.0 Å². The van der Waals surface area contributed by atoms with Crippen LogP contribution >= 0.6 is 11.6 Å². The first-order valence-electron chi connectivity index (χ1n) is 7.17. The third-order valence-corrected chi connectivity index (χ3v) is 4.35. The lowest BCUT2D eigenvalue weighted by atomic mass is 10.00. The number of quaternary nitrogens is 1. The Bertz CT molecular complexity index is 680. The maximum absolute atomic E-state index is 12.5. The second kappa shape index (κ2) is 5.58. The van der Waals surface area contributed by atoms with Crippen LogP contribution in [0.15, 0.2) is 33.7 Å². The smallest absolute Gasteiger partial charge is 0.201 e. The molecular weight excluding hydrogens is 274 g/mol. The fourth-order valence-electron chi connectivity index (χ4n) is 3.09. The minimum absolute atomic E-state index is 0.0551. The van der Waals surface area contributed by atoms with Crippen molar-refractivity contribution in [1.82, 2.24) is 0 Å². The zero-order chi connectivity index (χ0) is 14.1. The summed E-state index contributed by atoms with van der Waals surface area (Å²) in [5.41, 5.74) is 1.41. The van der Waals surface area contributed by atoms with Crippen LogP contribution in [0.5, 0.6) is 0 Å². The zero-order valence-electron chi connectivity index (χ0n) is 11.6. The van der Waals surface area contributed by atoms with E-state index < -0.39 is 0 Å². The van der Waals surface area contributed by atoms with Crippen molar-refractivity contribution in [3.8, 4) is 0 Å². The molecule has 1 aliphatic heterocycles. The van der Waals surface area contributed by atoms with Crippen LogP contribution in [0.3, 0.4) is 0 Å². The van der Waals surface area contributed by atoms with E-state index in [1.165, 1.54) is 17.7 Å². The molecule has 2 atom stereocenters. The van der Waals surface area contributed by atoms with Gasteiger partial charge in [-0.2, -0.15) is 0 Å². The van der Waals surface area contributed by atoms with Crippen molar-refractivity contribution in [3.05, 3.63) is 45.3 Å². The molecule has 1 fully saturated rings. The van der Waals surface area contributed by atoms with Gasteiger partial charge < -0.3 is 9.32 Å². The monoisotopic (exact) mass is 292 g/mol. The second-order valence-electron chi connectivity index (χ2n) is 5.86. The van der Waals surface area contributed by atoms with Crippen molar-refractivity contribution < 1.29 is 9.32 Å². The molecule has 0 amide bonds. The highest BCUT2D eigenvalue weighted by Gasteiger charge is 2.21. The van der Waals surface area contributed by atoms with Crippen LogP contribution in [-0.2, 0) is 6.54 Å². The van der Waals surface area contributed by atoms with E-state index in [0.717, 1.165) is 31.1 Å². The number of fused-ring (bicyclic) bond motifs is 1. The Hall–Kier alpha value is -1.32. The standard InChI is InChI=1S/C16H18ClNO2/c1-11-3-2-6-18(8-11)9-12-10-20-15-5-4-13(17)7-14(15)16(12)19/h4-5,7,10-11H,2-3,6,8-9H2,1H3/p+1/t11-/m0/s1. The topological polar surface area (TPSA) is 34.7 Å². The summed E-state index contributed by atoms with van der Waals surface area (Å²) >= 11 is 5.97. The summed E-state index contributed by atoms with van der Waals surface area (Å²) < 4.78 is 5.58. The second-order valence-corrected chi connectivity index (χ2v) is 6.30. The molecule has 1 saturated heterocycles. The van der Waals surface area contributed by atoms with Crippen LogP contribution in [-0.4, -0.2) is 13.1 Å². The van der Waals surface area contributed by atoms with Crippen LogP contribution in [0, 0.1) is 5.92 Å². The number of likely N-dealkylation sites (tertiary alicyclic amines) is 1. The fourth-order valence-corrected chi connectivity index (χ4v) is 3.26. The molecule has 1 aromatic heterocycles. The van der Waals surface area contributed by atoms with E-state index in [-0.39, 0.29) is 5.43 Å². The SMILES string of the molecule is C[C@H]1CCC[NH+](Cc2coc3ccc(Cl)cc3c2=O)C1. The maximum Gasteiger partial charge on any atom is 0.201 e. The summed E-state index contributed by atoms with van der Waals surface area (Å²) in [5.74, 6) is 0.737. The van der Waals surface area contributed by atoms with Crippen LogP contribution in [0.4, 0.5) is 0 Å². The van der Waals surface area contributed by atoms with Gasteiger partial charge in [0, 0.05) is 10.9 Å². The van der Waals surface area contributed by atoms with E-state index >= 15 is 0 Å². The zero-order valence-corrected chi connectivity index (χ0v) is 12.4. The summed E-state index contributed by atoms with van der Waals surface area (Å²) in [7, 11) is 0. The molecule has 0 bridgehead atoms. The highest BCUT2D eigenvalue weighted by atomic mass is 35.5. The third kappa shape index (κ3) is 2.74. The average molecular weight is 293 g/mol. The van der Waals surface area contributed by atoms with Crippen molar-refractivity contribution in [2.45, 2.75) is 26.3 Å². The molecule has 3 rings (SSSR count). The summed E-state index contributed by atoms with van der Waals surface area (Å²) in [6.45, 7) is 5.29. The van der Waals surface area contributed by atoms with E-state index in [9.17, 15) is 4.79 Å². The van der Waals surface area contributed by atoms with E-state index in [1.54, 1.807) is 24.5 Å². The Morgan fingerprint density at radius 1 is 1.45 bits per heavy atom. The first-order chi connectivity index (χ1) is 9.63. The number of hydrogen-bond acceptors (Lipinski definition) is 2. The number of rotatable bonds is 2. The Kier molecular flexibility index (Phi) is 3.81. The molecule has 1 unspecified atom stereocenters. The molecule has 3 nitrogen and oxygen atoms in total. The Balaban J connectivity index is 1.92. The predicted octanol–water partition coefficient (Wildman–Crippen LogP) is 2.26. The van der Waals surface area contributed by atoms with Gasteiger partial charge >= 0.3 is 0 Å². The molecule has 0 spiro atoms. The molecule has 1 aliphatic rings. The Morgan fingerprint density at radius 2 is 2.30 bits per heavy atom. The summed E-state index contributed by atoms with van der Waals surface area (Å²) in [6.07, 6.45) is 4.15.